The quantitative estimate of drug-likeness (QED) is 0.823. The van der Waals surface area contributed by atoms with E-state index in [1.165, 1.54) is 0 Å². The molecule has 0 spiro atoms. The molecule has 0 radical (unpaired) electrons. The molecule has 0 amide bonds. The predicted molar refractivity (Wildman–Crippen MR) is 69.6 cm³/mol. The molecular formula is C12H21N3OS. The summed E-state index contributed by atoms with van der Waals surface area (Å²) in [6, 6.07) is 0.374. The van der Waals surface area contributed by atoms with Crippen molar-refractivity contribution in [2.75, 3.05) is 6.61 Å². The summed E-state index contributed by atoms with van der Waals surface area (Å²) >= 11 is 5.24. The normalized spacial score (nSPS) is 24.0. The minimum Gasteiger partial charge on any atom is -0.378 e. The van der Waals surface area contributed by atoms with Crippen LogP contribution in [0.5, 0.6) is 0 Å². The Bertz CT molecular complexity index is 418. The lowest BCUT2D eigenvalue weighted by molar-refractivity contribution is -0.0247. The number of aromatic nitrogens is 3. The Morgan fingerprint density at radius 2 is 2.24 bits per heavy atom. The van der Waals surface area contributed by atoms with E-state index in [1.54, 1.807) is 0 Å². The van der Waals surface area contributed by atoms with Crippen LogP contribution in [0.25, 0.3) is 0 Å². The molecule has 4 nitrogen and oxygen atoms in total. The van der Waals surface area contributed by atoms with Crippen LogP contribution in [0.2, 0.25) is 0 Å². The molecule has 1 heterocycles. The number of nitrogens with zero attached hydrogens (tertiary/aromatic N) is 2. The third kappa shape index (κ3) is 2.77. The molecule has 1 aliphatic carbocycles. The van der Waals surface area contributed by atoms with E-state index in [2.05, 4.69) is 35.5 Å². The molecule has 1 saturated carbocycles. The Labute approximate surface area is 107 Å². The van der Waals surface area contributed by atoms with Crippen LogP contribution in [0.3, 0.4) is 0 Å². The van der Waals surface area contributed by atoms with Gasteiger partial charge in [-0.25, -0.2) is 0 Å². The van der Waals surface area contributed by atoms with Crippen molar-refractivity contribution in [3.8, 4) is 0 Å². The van der Waals surface area contributed by atoms with Gasteiger partial charge in [0, 0.05) is 19.1 Å². The molecule has 96 valence electrons. The lowest BCUT2D eigenvalue weighted by Gasteiger charge is -2.34. The Morgan fingerprint density at radius 3 is 2.82 bits per heavy atom. The Hall–Kier alpha value is -0.680. The third-order valence-corrected chi connectivity index (χ3v) is 3.65. The van der Waals surface area contributed by atoms with Crippen LogP contribution in [0.1, 0.15) is 45.5 Å². The molecule has 1 aromatic heterocycles. The number of aromatic amines is 1. The fraction of sp³-hybridized carbons (Fsp3) is 0.833. The second kappa shape index (κ2) is 5.31. The second-order valence-electron chi connectivity index (χ2n) is 5.03. The van der Waals surface area contributed by atoms with Gasteiger partial charge in [-0.3, -0.25) is 5.10 Å². The van der Waals surface area contributed by atoms with Crippen molar-refractivity contribution < 1.29 is 4.74 Å². The summed E-state index contributed by atoms with van der Waals surface area (Å²) in [6.45, 7) is 7.15. The summed E-state index contributed by atoms with van der Waals surface area (Å²) in [6.07, 6.45) is 3.80. The molecule has 1 N–H and O–H groups in total. The van der Waals surface area contributed by atoms with E-state index >= 15 is 0 Å². The van der Waals surface area contributed by atoms with Crippen molar-refractivity contribution in [3.05, 3.63) is 10.6 Å². The largest absolute Gasteiger partial charge is 0.378 e. The van der Waals surface area contributed by atoms with E-state index < -0.39 is 0 Å². The van der Waals surface area contributed by atoms with Crippen LogP contribution >= 0.6 is 12.2 Å². The Kier molecular flexibility index (Phi) is 3.99. The summed E-state index contributed by atoms with van der Waals surface area (Å²) in [7, 11) is 0. The summed E-state index contributed by atoms with van der Waals surface area (Å²) in [5.41, 5.74) is 0. The van der Waals surface area contributed by atoms with Crippen LogP contribution in [-0.2, 0) is 11.2 Å². The maximum absolute atomic E-state index is 5.57. The first kappa shape index (κ1) is 12.8. The zero-order valence-corrected chi connectivity index (χ0v) is 11.6. The van der Waals surface area contributed by atoms with E-state index in [-0.39, 0.29) is 0 Å². The molecule has 2 rings (SSSR count). The number of nitrogens with one attached hydrogen (secondary N) is 1. The summed E-state index contributed by atoms with van der Waals surface area (Å²) < 4.78 is 8.42. The molecule has 0 saturated heterocycles. The molecule has 0 unspecified atom stereocenters. The first-order valence-electron chi connectivity index (χ1n) is 6.39. The van der Waals surface area contributed by atoms with Crippen LogP contribution in [0.15, 0.2) is 0 Å². The van der Waals surface area contributed by atoms with Crippen molar-refractivity contribution in [1.29, 1.82) is 0 Å². The molecule has 1 aromatic rings. The van der Waals surface area contributed by atoms with Crippen LogP contribution in [0, 0.1) is 10.7 Å². The minimum atomic E-state index is 0.374. The van der Waals surface area contributed by atoms with E-state index in [4.69, 9.17) is 17.0 Å². The smallest absolute Gasteiger partial charge is 0.195 e. The molecule has 1 fully saturated rings. The van der Waals surface area contributed by atoms with Crippen LogP contribution in [-0.4, -0.2) is 27.5 Å². The van der Waals surface area contributed by atoms with Gasteiger partial charge in [-0.05, 0) is 51.7 Å². The summed E-state index contributed by atoms with van der Waals surface area (Å²) in [5, 5.41) is 7.23. The molecule has 5 heteroatoms. The van der Waals surface area contributed by atoms with Gasteiger partial charge in [0.15, 0.2) is 4.77 Å². The number of ether oxygens (including phenoxy) is 1. The van der Waals surface area contributed by atoms with Gasteiger partial charge in [0.2, 0.25) is 0 Å². The summed E-state index contributed by atoms with van der Waals surface area (Å²) in [5.74, 6) is 1.79. The second-order valence-corrected chi connectivity index (χ2v) is 5.41. The van der Waals surface area contributed by atoms with E-state index in [9.17, 15) is 0 Å². The molecular weight excluding hydrogens is 234 g/mol. The highest BCUT2D eigenvalue weighted by Crippen LogP contribution is 2.32. The molecule has 0 aliphatic heterocycles. The first-order valence-corrected chi connectivity index (χ1v) is 6.80. The fourth-order valence-electron chi connectivity index (χ4n) is 2.49. The average molecular weight is 255 g/mol. The van der Waals surface area contributed by atoms with E-state index in [1.807, 2.05) is 0 Å². The number of rotatable bonds is 5. The van der Waals surface area contributed by atoms with Crippen LogP contribution in [0.4, 0.5) is 0 Å². The minimum absolute atomic E-state index is 0.374. The predicted octanol–water partition coefficient (Wildman–Crippen LogP) is 2.88. The Morgan fingerprint density at radius 1 is 1.53 bits per heavy atom. The van der Waals surface area contributed by atoms with Gasteiger partial charge >= 0.3 is 0 Å². The zero-order chi connectivity index (χ0) is 12.4. The standard InChI is InChI=1S/C12H21N3OS/c1-4-16-10-5-9(6-10)7-11-13-14-12(17)15(11)8(2)3/h8-10H,4-7H2,1-3H3,(H,14,17). The van der Waals surface area contributed by atoms with Crippen molar-refractivity contribution >= 4 is 12.2 Å². The van der Waals surface area contributed by atoms with Crippen molar-refractivity contribution in [2.45, 2.75) is 52.2 Å². The molecule has 17 heavy (non-hydrogen) atoms. The molecule has 0 bridgehead atoms. The van der Waals surface area contributed by atoms with E-state index in [0.717, 1.165) is 36.5 Å². The Balaban J connectivity index is 1.95. The molecule has 0 atom stereocenters. The number of hydrogen-bond acceptors (Lipinski definition) is 3. The number of hydrogen-bond donors (Lipinski definition) is 1. The van der Waals surface area contributed by atoms with E-state index in [0.29, 0.717) is 18.1 Å². The fourth-order valence-corrected chi connectivity index (χ4v) is 2.85. The SMILES string of the molecule is CCOC1CC(Cc2n[nH]c(=S)n2C(C)C)C1. The zero-order valence-electron chi connectivity index (χ0n) is 10.8. The average Bonchev–Trinajstić information content (AvgIpc) is 2.56. The number of H-pyrrole nitrogens is 1. The van der Waals surface area contributed by atoms with Crippen molar-refractivity contribution in [2.24, 2.45) is 5.92 Å². The lowest BCUT2D eigenvalue weighted by Crippen LogP contribution is -2.33. The van der Waals surface area contributed by atoms with Gasteiger partial charge in [0.1, 0.15) is 5.82 Å². The van der Waals surface area contributed by atoms with Gasteiger partial charge in [-0.1, -0.05) is 0 Å². The highest BCUT2D eigenvalue weighted by atomic mass is 32.1. The van der Waals surface area contributed by atoms with Crippen molar-refractivity contribution in [1.82, 2.24) is 14.8 Å². The van der Waals surface area contributed by atoms with Gasteiger partial charge < -0.3 is 9.30 Å². The monoisotopic (exact) mass is 255 g/mol. The molecule has 1 aliphatic rings. The first-order chi connectivity index (χ1) is 8.11. The summed E-state index contributed by atoms with van der Waals surface area (Å²) in [4.78, 5) is 0. The molecule has 0 aromatic carbocycles. The maximum atomic E-state index is 5.57. The van der Waals surface area contributed by atoms with Gasteiger partial charge in [0.25, 0.3) is 0 Å². The highest BCUT2D eigenvalue weighted by molar-refractivity contribution is 7.71. The van der Waals surface area contributed by atoms with Gasteiger partial charge in [0.05, 0.1) is 6.10 Å². The maximum Gasteiger partial charge on any atom is 0.195 e. The van der Waals surface area contributed by atoms with Gasteiger partial charge in [-0.15, -0.1) is 0 Å². The lowest BCUT2D eigenvalue weighted by atomic mass is 9.80. The third-order valence-electron chi connectivity index (χ3n) is 3.36. The van der Waals surface area contributed by atoms with Gasteiger partial charge in [-0.2, -0.15) is 5.10 Å². The highest BCUT2D eigenvalue weighted by Gasteiger charge is 2.30. The van der Waals surface area contributed by atoms with Crippen LogP contribution < -0.4 is 0 Å². The van der Waals surface area contributed by atoms with Crippen molar-refractivity contribution in [3.63, 3.8) is 0 Å². The topological polar surface area (TPSA) is 42.8 Å².